The van der Waals surface area contributed by atoms with Crippen LogP contribution in [0.2, 0.25) is 0 Å². The number of ether oxygens (including phenoxy) is 1. The van der Waals surface area contributed by atoms with Crippen LogP contribution in [0.3, 0.4) is 0 Å². The van der Waals surface area contributed by atoms with Crippen LogP contribution < -0.4 is 5.32 Å². The van der Waals surface area contributed by atoms with E-state index in [0.717, 1.165) is 19.4 Å². The van der Waals surface area contributed by atoms with Crippen LogP contribution in [0.1, 0.15) is 69.5 Å². The molecule has 2 heterocycles. The molecule has 0 amide bonds. The summed E-state index contributed by atoms with van der Waals surface area (Å²) in [7, 11) is 1.99. The van der Waals surface area contributed by atoms with Crippen molar-refractivity contribution >= 4 is 0 Å². The lowest BCUT2D eigenvalue weighted by Crippen LogP contribution is -2.42. The van der Waals surface area contributed by atoms with Gasteiger partial charge in [0.25, 0.3) is 0 Å². The Morgan fingerprint density at radius 1 is 1.40 bits per heavy atom. The van der Waals surface area contributed by atoms with Gasteiger partial charge in [0.05, 0.1) is 17.8 Å². The summed E-state index contributed by atoms with van der Waals surface area (Å²) in [6.45, 7) is 3.06. The minimum absolute atomic E-state index is 0.155. The Balaban J connectivity index is 1.71. The van der Waals surface area contributed by atoms with E-state index in [2.05, 4.69) is 28.2 Å². The smallest absolute Gasteiger partial charge is 0.0703 e. The molecule has 0 aromatic carbocycles. The maximum atomic E-state index is 6.18. The van der Waals surface area contributed by atoms with Gasteiger partial charge in [0.15, 0.2) is 0 Å². The summed E-state index contributed by atoms with van der Waals surface area (Å²) in [6.07, 6.45) is 13.0. The minimum atomic E-state index is 0.155. The first-order chi connectivity index (χ1) is 9.72. The molecule has 1 aromatic rings. The summed E-state index contributed by atoms with van der Waals surface area (Å²) in [5.41, 5.74) is 1.43. The van der Waals surface area contributed by atoms with Crippen molar-refractivity contribution in [1.29, 1.82) is 0 Å². The normalized spacial score (nSPS) is 27.6. The fourth-order valence-electron chi connectivity index (χ4n) is 3.71. The third-order valence-electron chi connectivity index (χ3n) is 5.16. The molecular formula is C16H27N3O. The molecule has 20 heavy (non-hydrogen) atoms. The predicted octanol–water partition coefficient (Wildman–Crippen LogP) is 3.22. The highest BCUT2D eigenvalue weighted by molar-refractivity contribution is 5.10. The van der Waals surface area contributed by atoms with Crippen LogP contribution in [0.25, 0.3) is 0 Å². The SMILES string of the molecule is CNC(C)c1cnn(C2CCOC3(CCCCC3)C2)c1. The topological polar surface area (TPSA) is 39.1 Å². The summed E-state index contributed by atoms with van der Waals surface area (Å²) in [6, 6.07) is 0.881. The average Bonchev–Trinajstić information content (AvgIpc) is 2.97. The van der Waals surface area contributed by atoms with Crippen molar-refractivity contribution in [2.75, 3.05) is 13.7 Å². The number of aromatic nitrogens is 2. The van der Waals surface area contributed by atoms with Crippen LogP contribution >= 0.6 is 0 Å². The van der Waals surface area contributed by atoms with Crippen LogP contribution in [-0.2, 0) is 4.74 Å². The van der Waals surface area contributed by atoms with Crippen molar-refractivity contribution in [1.82, 2.24) is 15.1 Å². The Kier molecular flexibility index (Phi) is 4.13. The van der Waals surface area contributed by atoms with Gasteiger partial charge in [0, 0.05) is 24.4 Å². The molecule has 1 saturated heterocycles. The molecule has 1 aliphatic carbocycles. The average molecular weight is 277 g/mol. The summed E-state index contributed by atoms with van der Waals surface area (Å²) in [5, 5.41) is 7.88. The lowest BCUT2D eigenvalue weighted by Gasteiger charge is -2.43. The van der Waals surface area contributed by atoms with E-state index in [0.29, 0.717) is 12.1 Å². The third kappa shape index (κ3) is 2.77. The van der Waals surface area contributed by atoms with E-state index in [1.807, 2.05) is 13.2 Å². The molecule has 2 unspecified atom stereocenters. The summed E-state index contributed by atoms with van der Waals surface area (Å²) in [4.78, 5) is 0. The predicted molar refractivity (Wildman–Crippen MR) is 79.7 cm³/mol. The Hall–Kier alpha value is -0.870. The van der Waals surface area contributed by atoms with Crippen molar-refractivity contribution in [3.63, 3.8) is 0 Å². The van der Waals surface area contributed by atoms with E-state index >= 15 is 0 Å². The Bertz CT molecular complexity index is 431. The molecule has 4 nitrogen and oxygen atoms in total. The number of nitrogens with zero attached hydrogens (tertiary/aromatic N) is 2. The molecule has 112 valence electrons. The van der Waals surface area contributed by atoms with E-state index in [9.17, 15) is 0 Å². The quantitative estimate of drug-likeness (QED) is 0.922. The van der Waals surface area contributed by atoms with Crippen LogP contribution in [0.5, 0.6) is 0 Å². The molecule has 2 atom stereocenters. The largest absolute Gasteiger partial charge is 0.375 e. The minimum Gasteiger partial charge on any atom is -0.375 e. The Morgan fingerprint density at radius 2 is 2.20 bits per heavy atom. The van der Waals surface area contributed by atoms with Gasteiger partial charge >= 0.3 is 0 Å². The highest BCUT2D eigenvalue weighted by atomic mass is 16.5. The molecule has 2 aliphatic rings. The first kappa shape index (κ1) is 14.1. The number of hydrogen-bond donors (Lipinski definition) is 1. The van der Waals surface area contributed by atoms with Crippen molar-refractivity contribution in [3.8, 4) is 0 Å². The molecule has 4 heteroatoms. The Morgan fingerprint density at radius 3 is 2.95 bits per heavy atom. The number of hydrogen-bond acceptors (Lipinski definition) is 3. The van der Waals surface area contributed by atoms with Gasteiger partial charge in [0.1, 0.15) is 0 Å². The standard InChI is InChI=1S/C16H27N3O/c1-13(17-2)14-11-18-19(12-14)15-6-9-20-16(10-15)7-4-3-5-8-16/h11-13,15,17H,3-10H2,1-2H3. The monoisotopic (exact) mass is 277 g/mol. The number of nitrogens with one attached hydrogen (secondary N) is 1. The van der Waals surface area contributed by atoms with Gasteiger partial charge in [-0.1, -0.05) is 19.3 Å². The Labute approximate surface area is 121 Å². The molecule has 0 radical (unpaired) electrons. The highest BCUT2D eigenvalue weighted by Crippen LogP contribution is 2.42. The second-order valence-corrected chi connectivity index (χ2v) is 6.50. The van der Waals surface area contributed by atoms with E-state index in [4.69, 9.17) is 4.74 Å². The van der Waals surface area contributed by atoms with Gasteiger partial charge in [-0.2, -0.15) is 5.10 Å². The van der Waals surface area contributed by atoms with Crippen LogP contribution in [0.15, 0.2) is 12.4 Å². The molecule has 2 fully saturated rings. The molecule has 0 bridgehead atoms. The van der Waals surface area contributed by atoms with Gasteiger partial charge in [-0.3, -0.25) is 4.68 Å². The van der Waals surface area contributed by atoms with Gasteiger partial charge in [0.2, 0.25) is 0 Å². The first-order valence-corrected chi connectivity index (χ1v) is 8.08. The maximum absolute atomic E-state index is 6.18. The zero-order valence-electron chi connectivity index (χ0n) is 12.8. The van der Waals surface area contributed by atoms with Gasteiger partial charge < -0.3 is 10.1 Å². The number of rotatable bonds is 3. The van der Waals surface area contributed by atoms with E-state index in [-0.39, 0.29) is 5.60 Å². The van der Waals surface area contributed by atoms with Crippen LogP contribution in [0, 0.1) is 0 Å². The summed E-state index contributed by atoms with van der Waals surface area (Å²) in [5.74, 6) is 0. The molecule has 1 N–H and O–H groups in total. The lowest BCUT2D eigenvalue weighted by atomic mass is 9.78. The molecule has 1 saturated carbocycles. The molecule has 1 aromatic heterocycles. The zero-order valence-corrected chi connectivity index (χ0v) is 12.8. The second-order valence-electron chi connectivity index (χ2n) is 6.50. The van der Waals surface area contributed by atoms with Gasteiger partial charge in [-0.05, 0) is 39.7 Å². The maximum Gasteiger partial charge on any atom is 0.0703 e. The zero-order chi connectivity index (χ0) is 14.0. The summed E-state index contributed by atoms with van der Waals surface area (Å²) < 4.78 is 8.36. The molecule has 1 aliphatic heterocycles. The molecule has 3 rings (SSSR count). The van der Waals surface area contributed by atoms with E-state index in [1.165, 1.54) is 37.7 Å². The van der Waals surface area contributed by atoms with Crippen molar-refractivity contribution in [2.24, 2.45) is 0 Å². The van der Waals surface area contributed by atoms with Crippen molar-refractivity contribution < 1.29 is 4.74 Å². The van der Waals surface area contributed by atoms with Crippen molar-refractivity contribution in [3.05, 3.63) is 18.0 Å². The van der Waals surface area contributed by atoms with Gasteiger partial charge in [-0.25, -0.2) is 0 Å². The lowest BCUT2D eigenvalue weighted by molar-refractivity contribution is -0.115. The van der Waals surface area contributed by atoms with Gasteiger partial charge in [-0.15, -0.1) is 0 Å². The molecule has 1 spiro atoms. The summed E-state index contributed by atoms with van der Waals surface area (Å²) >= 11 is 0. The molecular weight excluding hydrogens is 250 g/mol. The first-order valence-electron chi connectivity index (χ1n) is 8.08. The second kappa shape index (κ2) is 5.86. The van der Waals surface area contributed by atoms with E-state index in [1.54, 1.807) is 0 Å². The van der Waals surface area contributed by atoms with E-state index < -0.39 is 0 Å². The fraction of sp³-hybridized carbons (Fsp3) is 0.812. The van der Waals surface area contributed by atoms with Crippen LogP contribution in [-0.4, -0.2) is 29.0 Å². The van der Waals surface area contributed by atoms with Crippen molar-refractivity contribution in [2.45, 2.75) is 69.6 Å². The van der Waals surface area contributed by atoms with Crippen LogP contribution in [0.4, 0.5) is 0 Å². The fourth-order valence-corrected chi connectivity index (χ4v) is 3.71. The third-order valence-corrected chi connectivity index (χ3v) is 5.16. The highest BCUT2D eigenvalue weighted by Gasteiger charge is 2.39.